The third kappa shape index (κ3) is 3.60. The first-order valence-corrected chi connectivity index (χ1v) is 9.12. The Labute approximate surface area is 176 Å². The number of non-ortho nitro benzene ring substituents is 1. The molecule has 3 amide bonds. The van der Waals surface area contributed by atoms with Crippen LogP contribution in [0.25, 0.3) is 0 Å². The van der Waals surface area contributed by atoms with Gasteiger partial charge in [0.05, 0.1) is 28.8 Å². The van der Waals surface area contributed by atoms with Gasteiger partial charge in [0.25, 0.3) is 23.4 Å². The molecule has 1 aliphatic rings. The number of hydrogen-bond donors (Lipinski definition) is 1. The number of carbonyl (C=O) groups excluding carboxylic acids is 3. The Kier molecular flexibility index (Phi) is 4.92. The summed E-state index contributed by atoms with van der Waals surface area (Å²) in [6, 6.07) is 16.1. The number of rotatable bonds is 5. The second-order valence-corrected chi connectivity index (χ2v) is 6.66. The van der Waals surface area contributed by atoms with E-state index in [1.165, 1.54) is 49.6 Å². The van der Waals surface area contributed by atoms with Crippen LogP contribution in [0.3, 0.4) is 0 Å². The van der Waals surface area contributed by atoms with Crippen LogP contribution in [0.2, 0.25) is 0 Å². The van der Waals surface area contributed by atoms with E-state index >= 15 is 0 Å². The highest BCUT2D eigenvalue weighted by molar-refractivity contribution is 6.34. The summed E-state index contributed by atoms with van der Waals surface area (Å²) in [7, 11) is 1.52. The van der Waals surface area contributed by atoms with Crippen LogP contribution in [0, 0.1) is 10.1 Å². The third-order valence-electron chi connectivity index (χ3n) is 4.82. The molecule has 31 heavy (non-hydrogen) atoms. The zero-order chi connectivity index (χ0) is 22.1. The van der Waals surface area contributed by atoms with E-state index in [9.17, 15) is 24.5 Å². The molecule has 0 saturated heterocycles. The molecule has 1 aliphatic heterocycles. The van der Waals surface area contributed by atoms with Crippen LogP contribution in [0.15, 0.2) is 66.7 Å². The Balaban J connectivity index is 1.56. The van der Waals surface area contributed by atoms with Gasteiger partial charge in [-0.2, -0.15) is 0 Å². The van der Waals surface area contributed by atoms with Crippen LogP contribution in [-0.2, 0) is 0 Å². The molecule has 3 aromatic rings. The van der Waals surface area contributed by atoms with Crippen molar-refractivity contribution in [3.8, 4) is 5.75 Å². The van der Waals surface area contributed by atoms with Crippen LogP contribution in [0.4, 0.5) is 17.1 Å². The summed E-state index contributed by atoms with van der Waals surface area (Å²) in [5, 5.41) is 13.4. The monoisotopic (exact) mass is 417 g/mol. The van der Waals surface area contributed by atoms with E-state index in [4.69, 9.17) is 4.74 Å². The van der Waals surface area contributed by atoms with Crippen molar-refractivity contribution in [2.45, 2.75) is 0 Å². The molecule has 0 aliphatic carbocycles. The van der Waals surface area contributed by atoms with E-state index in [1.54, 1.807) is 24.3 Å². The third-order valence-corrected chi connectivity index (χ3v) is 4.82. The Morgan fingerprint density at radius 2 is 1.58 bits per heavy atom. The maximum Gasteiger partial charge on any atom is 0.269 e. The van der Waals surface area contributed by atoms with Gasteiger partial charge in [-0.3, -0.25) is 24.5 Å². The van der Waals surface area contributed by atoms with Gasteiger partial charge in [-0.1, -0.05) is 0 Å². The quantitative estimate of drug-likeness (QED) is 0.384. The zero-order valence-electron chi connectivity index (χ0n) is 16.2. The van der Waals surface area contributed by atoms with Crippen molar-refractivity contribution in [3.63, 3.8) is 0 Å². The van der Waals surface area contributed by atoms with Crippen LogP contribution in [-0.4, -0.2) is 29.8 Å². The minimum absolute atomic E-state index is 0.128. The molecule has 0 atom stereocenters. The summed E-state index contributed by atoms with van der Waals surface area (Å²) < 4.78 is 5.09. The molecule has 0 fully saturated rings. The first-order valence-electron chi connectivity index (χ1n) is 9.12. The van der Waals surface area contributed by atoms with Crippen LogP contribution >= 0.6 is 0 Å². The minimum atomic E-state index is -0.556. The van der Waals surface area contributed by atoms with Crippen LogP contribution in [0.5, 0.6) is 5.75 Å². The molecular formula is C22H15N3O6. The summed E-state index contributed by atoms with van der Waals surface area (Å²) in [5.74, 6) is -0.870. The van der Waals surface area contributed by atoms with Crippen LogP contribution < -0.4 is 15.0 Å². The number of hydrogen-bond acceptors (Lipinski definition) is 6. The summed E-state index contributed by atoms with van der Waals surface area (Å²) in [5.41, 5.74) is 1.21. The number of benzene rings is 3. The maximum atomic E-state index is 12.9. The minimum Gasteiger partial charge on any atom is -0.497 e. The lowest BCUT2D eigenvalue weighted by atomic mass is 10.1. The van der Waals surface area contributed by atoms with Crippen molar-refractivity contribution >= 4 is 34.8 Å². The van der Waals surface area contributed by atoms with E-state index in [-0.39, 0.29) is 22.4 Å². The molecule has 1 N–H and O–H groups in total. The summed E-state index contributed by atoms with van der Waals surface area (Å²) in [6.07, 6.45) is 0. The van der Waals surface area contributed by atoms with Gasteiger partial charge in [0.15, 0.2) is 0 Å². The number of amides is 3. The Hall–Kier alpha value is -4.53. The molecule has 0 saturated carbocycles. The average molecular weight is 417 g/mol. The summed E-state index contributed by atoms with van der Waals surface area (Å²) in [6.45, 7) is 0. The van der Waals surface area contributed by atoms with Gasteiger partial charge in [0.2, 0.25) is 0 Å². The molecule has 0 aromatic heterocycles. The number of carbonyl (C=O) groups is 3. The number of nitro benzene ring substituents is 1. The molecule has 0 unspecified atom stereocenters. The van der Waals surface area contributed by atoms with E-state index in [0.717, 1.165) is 4.90 Å². The number of anilines is 2. The van der Waals surface area contributed by atoms with Gasteiger partial charge in [0, 0.05) is 23.4 Å². The number of ether oxygens (including phenoxy) is 1. The lowest BCUT2D eigenvalue weighted by Crippen LogP contribution is -2.29. The number of nitrogens with zero attached hydrogens (tertiary/aromatic N) is 2. The lowest BCUT2D eigenvalue weighted by Gasteiger charge is -2.14. The highest BCUT2D eigenvalue weighted by Crippen LogP contribution is 2.31. The predicted molar refractivity (Wildman–Crippen MR) is 112 cm³/mol. The molecule has 0 spiro atoms. The van der Waals surface area contributed by atoms with Crippen molar-refractivity contribution in [1.82, 2.24) is 0 Å². The van der Waals surface area contributed by atoms with Crippen LogP contribution in [0.1, 0.15) is 31.1 Å². The average Bonchev–Trinajstić information content (AvgIpc) is 3.03. The molecule has 4 rings (SSSR count). The van der Waals surface area contributed by atoms with E-state index in [1.807, 2.05) is 0 Å². The molecule has 0 radical (unpaired) electrons. The van der Waals surface area contributed by atoms with E-state index in [0.29, 0.717) is 17.1 Å². The smallest absolute Gasteiger partial charge is 0.269 e. The van der Waals surface area contributed by atoms with Crippen molar-refractivity contribution in [3.05, 3.63) is 93.5 Å². The molecule has 9 heteroatoms. The van der Waals surface area contributed by atoms with Crippen molar-refractivity contribution in [2.24, 2.45) is 0 Å². The Bertz CT molecular complexity index is 1220. The van der Waals surface area contributed by atoms with Gasteiger partial charge in [-0.05, 0) is 54.6 Å². The first-order chi connectivity index (χ1) is 14.9. The maximum absolute atomic E-state index is 12.9. The molecule has 0 bridgehead atoms. The molecule has 1 heterocycles. The first kappa shape index (κ1) is 19.8. The van der Waals surface area contributed by atoms with Crippen molar-refractivity contribution in [1.29, 1.82) is 0 Å². The van der Waals surface area contributed by atoms with E-state index in [2.05, 4.69) is 5.32 Å². The number of fused-ring (bicyclic) bond motifs is 1. The Morgan fingerprint density at radius 3 is 2.19 bits per heavy atom. The zero-order valence-corrected chi connectivity index (χ0v) is 16.2. The second-order valence-electron chi connectivity index (χ2n) is 6.66. The topological polar surface area (TPSA) is 119 Å². The number of nitrogens with one attached hydrogen (secondary N) is 1. The van der Waals surface area contributed by atoms with Gasteiger partial charge in [-0.25, -0.2) is 4.90 Å². The molecular weight excluding hydrogens is 402 g/mol. The van der Waals surface area contributed by atoms with Gasteiger partial charge < -0.3 is 10.1 Å². The molecule has 3 aromatic carbocycles. The number of methoxy groups -OCH3 is 1. The highest BCUT2D eigenvalue weighted by atomic mass is 16.6. The summed E-state index contributed by atoms with van der Waals surface area (Å²) >= 11 is 0. The van der Waals surface area contributed by atoms with Gasteiger partial charge in [0.1, 0.15) is 5.75 Å². The number of imide groups is 1. The predicted octanol–water partition coefficient (Wildman–Crippen LogP) is 3.66. The largest absolute Gasteiger partial charge is 0.497 e. The highest BCUT2D eigenvalue weighted by Gasteiger charge is 2.36. The summed E-state index contributed by atoms with van der Waals surface area (Å²) in [4.78, 5) is 49.3. The standard InChI is InChI=1S/C22H15N3O6/c1-31-17-9-7-15(8-10-17)24-21(27)18-11-4-14(12-19(18)22(24)28)23-20(26)13-2-5-16(6-3-13)25(29)30/h2-12H,1H3,(H,23,26). The van der Waals surface area contributed by atoms with Crippen molar-refractivity contribution in [2.75, 3.05) is 17.3 Å². The molecule has 154 valence electrons. The SMILES string of the molecule is COc1ccc(N2C(=O)c3ccc(NC(=O)c4ccc([N+](=O)[O-])cc4)cc3C2=O)cc1. The normalized spacial score (nSPS) is 12.5. The van der Waals surface area contributed by atoms with Gasteiger partial charge in [-0.15, -0.1) is 0 Å². The van der Waals surface area contributed by atoms with Gasteiger partial charge >= 0.3 is 0 Å². The molecule has 9 nitrogen and oxygen atoms in total. The fourth-order valence-electron chi connectivity index (χ4n) is 3.22. The fraction of sp³-hybridized carbons (Fsp3) is 0.0455. The second kappa shape index (κ2) is 7.71. The Morgan fingerprint density at radius 1 is 0.935 bits per heavy atom. The fourth-order valence-corrected chi connectivity index (χ4v) is 3.22. The van der Waals surface area contributed by atoms with E-state index < -0.39 is 22.6 Å². The lowest BCUT2D eigenvalue weighted by molar-refractivity contribution is -0.384. The van der Waals surface area contributed by atoms with Crippen molar-refractivity contribution < 1.29 is 24.0 Å². The number of nitro groups is 1.